The summed E-state index contributed by atoms with van der Waals surface area (Å²) in [6.07, 6.45) is 1.08. The molecule has 74 valence electrons. The summed E-state index contributed by atoms with van der Waals surface area (Å²) in [6, 6.07) is 0. The number of rotatable bonds is 2. The number of nitrogens with zero attached hydrogens (tertiary/aromatic N) is 1. The summed E-state index contributed by atoms with van der Waals surface area (Å²) in [5.41, 5.74) is -0.852. The van der Waals surface area contributed by atoms with Gasteiger partial charge in [0.05, 0.1) is 7.11 Å². The van der Waals surface area contributed by atoms with Crippen molar-refractivity contribution < 1.29 is 14.3 Å². The summed E-state index contributed by atoms with van der Waals surface area (Å²) in [6.45, 7) is 5.68. The summed E-state index contributed by atoms with van der Waals surface area (Å²) in [7, 11) is 1.37. The van der Waals surface area contributed by atoms with E-state index in [-0.39, 0.29) is 18.0 Å². The lowest BCUT2D eigenvalue weighted by Crippen LogP contribution is -2.49. The summed E-state index contributed by atoms with van der Waals surface area (Å²) in [4.78, 5) is 15.7. The Labute approximate surface area is 77.9 Å². The fourth-order valence-corrected chi connectivity index (χ4v) is 1.65. The number of hydrogen-bond donors (Lipinski definition) is 0. The van der Waals surface area contributed by atoms with Gasteiger partial charge in [-0.3, -0.25) is 0 Å². The molecule has 0 aliphatic carbocycles. The van der Waals surface area contributed by atoms with Crippen molar-refractivity contribution in [3.05, 3.63) is 0 Å². The molecule has 0 spiro atoms. The molecule has 1 aliphatic rings. The van der Waals surface area contributed by atoms with Crippen LogP contribution >= 0.6 is 0 Å². The summed E-state index contributed by atoms with van der Waals surface area (Å²) in [5, 5.41) is 0. The molecule has 1 heterocycles. The second kappa shape index (κ2) is 3.36. The summed E-state index contributed by atoms with van der Waals surface area (Å²) in [5.74, 6) is -0.266. The van der Waals surface area contributed by atoms with Crippen LogP contribution in [0.2, 0.25) is 0 Å². The quantitative estimate of drug-likeness (QED) is 0.603. The lowest BCUT2D eigenvalue weighted by molar-refractivity contribution is -0.151. The standard InChI is InChI=1S/C9H15NO3/c1-6(2)9(8(11)12-4)7(3)13-5-10-9/h5-7H,1-4H3/t7-,9+/m1/s1. The predicted octanol–water partition coefficient (Wildman–Crippen LogP) is 1.00. The van der Waals surface area contributed by atoms with E-state index in [1.807, 2.05) is 20.8 Å². The van der Waals surface area contributed by atoms with Gasteiger partial charge in [0.15, 0.2) is 11.9 Å². The third-order valence-electron chi connectivity index (χ3n) is 2.54. The third-order valence-corrected chi connectivity index (χ3v) is 2.54. The van der Waals surface area contributed by atoms with Gasteiger partial charge in [-0.05, 0) is 12.8 Å². The Balaban J connectivity index is 3.01. The van der Waals surface area contributed by atoms with Crippen molar-refractivity contribution in [3.8, 4) is 0 Å². The zero-order valence-electron chi connectivity index (χ0n) is 8.40. The molecule has 4 nitrogen and oxygen atoms in total. The number of ether oxygens (including phenoxy) is 2. The normalized spacial score (nSPS) is 31.9. The molecule has 0 aromatic heterocycles. The van der Waals surface area contributed by atoms with E-state index < -0.39 is 5.54 Å². The van der Waals surface area contributed by atoms with Crippen molar-refractivity contribution in [3.63, 3.8) is 0 Å². The number of esters is 1. The van der Waals surface area contributed by atoms with Gasteiger partial charge in [0.25, 0.3) is 0 Å². The summed E-state index contributed by atoms with van der Waals surface area (Å²) < 4.78 is 9.90. The zero-order valence-corrected chi connectivity index (χ0v) is 8.40. The van der Waals surface area contributed by atoms with Crippen LogP contribution in [0.4, 0.5) is 0 Å². The van der Waals surface area contributed by atoms with E-state index in [1.165, 1.54) is 13.5 Å². The van der Waals surface area contributed by atoms with E-state index in [4.69, 9.17) is 9.47 Å². The Hall–Kier alpha value is -1.06. The molecule has 0 N–H and O–H groups in total. The number of aliphatic imine (C=N–C) groups is 1. The van der Waals surface area contributed by atoms with Crippen LogP contribution in [0.15, 0.2) is 4.99 Å². The van der Waals surface area contributed by atoms with E-state index in [1.54, 1.807) is 0 Å². The largest absolute Gasteiger partial charge is 0.477 e. The van der Waals surface area contributed by atoms with E-state index in [0.29, 0.717) is 0 Å². The van der Waals surface area contributed by atoms with Gasteiger partial charge in [0, 0.05) is 0 Å². The van der Waals surface area contributed by atoms with Gasteiger partial charge in [-0.1, -0.05) is 13.8 Å². The van der Waals surface area contributed by atoms with Crippen molar-refractivity contribution >= 4 is 12.4 Å². The fraction of sp³-hybridized carbons (Fsp3) is 0.778. The monoisotopic (exact) mass is 185 g/mol. The molecule has 0 fully saturated rings. The molecule has 0 amide bonds. The molecule has 0 bridgehead atoms. The van der Waals surface area contributed by atoms with Crippen molar-refractivity contribution in [2.75, 3.05) is 7.11 Å². The van der Waals surface area contributed by atoms with E-state index in [9.17, 15) is 4.79 Å². The maximum atomic E-state index is 11.6. The lowest BCUT2D eigenvalue weighted by Gasteiger charge is -2.29. The molecule has 1 rings (SSSR count). The van der Waals surface area contributed by atoms with Crippen LogP contribution in [-0.2, 0) is 14.3 Å². The van der Waals surface area contributed by atoms with Crippen LogP contribution in [0.25, 0.3) is 0 Å². The minimum atomic E-state index is -0.852. The van der Waals surface area contributed by atoms with Crippen LogP contribution in [0, 0.1) is 5.92 Å². The highest BCUT2D eigenvalue weighted by Gasteiger charge is 2.51. The minimum Gasteiger partial charge on any atom is -0.477 e. The molecular weight excluding hydrogens is 170 g/mol. The van der Waals surface area contributed by atoms with Crippen molar-refractivity contribution in [1.82, 2.24) is 0 Å². The molecular formula is C9H15NO3. The van der Waals surface area contributed by atoms with Gasteiger partial charge >= 0.3 is 5.97 Å². The van der Waals surface area contributed by atoms with Gasteiger partial charge in [0.1, 0.15) is 6.10 Å². The predicted molar refractivity (Wildman–Crippen MR) is 48.6 cm³/mol. The second-order valence-electron chi connectivity index (χ2n) is 3.48. The number of hydrogen-bond acceptors (Lipinski definition) is 4. The first-order valence-corrected chi connectivity index (χ1v) is 4.33. The molecule has 0 aromatic rings. The van der Waals surface area contributed by atoms with Crippen LogP contribution in [0.1, 0.15) is 20.8 Å². The third kappa shape index (κ3) is 1.30. The molecule has 4 heteroatoms. The van der Waals surface area contributed by atoms with Gasteiger partial charge in [-0.25, -0.2) is 9.79 Å². The Morgan fingerprint density at radius 2 is 2.31 bits per heavy atom. The van der Waals surface area contributed by atoms with Gasteiger partial charge in [0.2, 0.25) is 0 Å². The Kier molecular flexibility index (Phi) is 2.59. The minimum absolute atomic E-state index is 0.0636. The molecule has 0 radical (unpaired) electrons. The maximum Gasteiger partial charge on any atom is 0.338 e. The van der Waals surface area contributed by atoms with E-state index >= 15 is 0 Å². The molecule has 13 heavy (non-hydrogen) atoms. The van der Waals surface area contributed by atoms with Crippen molar-refractivity contribution in [2.45, 2.75) is 32.4 Å². The van der Waals surface area contributed by atoms with Crippen LogP contribution in [0.5, 0.6) is 0 Å². The Morgan fingerprint density at radius 1 is 1.69 bits per heavy atom. The first kappa shape index (κ1) is 10.0. The molecule has 1 aliphatic heterocycles. The van der Waals surface area contributed by atoms with Crippen LogP contribution in [0.3, 0.4) is 0 Å². The maximum absolute atomic E-state index is 11.6. The van der Waals surface area contributed by atoms with E-state index in [2.05, 4.69) is 4.99 Å². The lowest BCUT2D eigenvalue weighted by atomic mass is 9.83. The first-order chi connectivity index (χ1) is 6.05. The first-order valence-electron chi connectivity index (χ1n) is 4.33. The highest BCUT2D eigenvalue weighted by atomic mass is 16.5. The topological polar surface area (TPSA) is 47.9 Å². The molecule has 2 atom stereocenters. The highest BCUT2D eigenvalue weighted by Crippen LogP contribution is 2.32. The number of carbonyl (C=O) groups is 1. The molecule has 0 saturated carbocycles. The van der Waals surface area contributed by atoms with Gasteiger partial charge in [-0.2, -0.15) is 0 Å². The average molecular weight is 185 g/mol. The van der Waals surface area contributed by atoms with E-state index in [0.717, 1.165) is 0 Å². The number of carbonyl (C=O) groups excluding carboxylic acids is 1. The summed E-state index contributed by atoms with van der Waals surface area (Å²) >= 11 is 0. The molecule has 0 aromatic carbocycles. The smallest absolute Gasteiger partial charge is 0.338 e. The Bertz CT molecular complexity index is 237. The van der Waals surface area contributed by atoms with Gasteiger partial charge in [-0.15, -0.1) is 0 Å². The van der Waals surface area contributed by atoms with Gasteiger partial charge < -0.3 is 9.47 Å². The molecule has 0 saturated heterocycles. The molecule has 0 unspecified atom stereocenters. The van der Waals surface area contributed by atoms with Crippen LogP contribution in [-0.4, -0.2) is 31.1 Å². The van der Waals surface area contributed by atoms with Crippen LogP contribution < -0.4 is 0 Å². The van der Waals surface area contributed by atoms with Crippen molar-refractivity contribution in [1.29, 1.82) is 0 Å². The second-order valence-corrected chi connectivity index (χ2v) is 3.48. The fourth-order valence-electron chi connectivity index (χ4n) is 1.65. The Morgan fingerprint density at radius 3 is 2.62 bits per heavy atom. The number of methoxy groups -OCH3 is 1. The SMILES string of the molecule is COC(=O)[C@@]1(C(C)C)N=CO[C@@H]1C. The highest BCUT2D eigenvalue weighted by molar-refractivity contribution is 5.85. The zero-order chi connectivity index (χ0) is 10.1. The average Bonchev–Trinajstić information content (AvgIpc) is 2.47. The van der Waals surface area contributed by atoms with Crippen molar-refractivity contribution in [2.24, 2.45) is 10.9 Å².